The van der Waals surface area contributed by atoms with Crippen LogP contribution in [0.3, 0.4) is 0 Å². The maximum atomic E-state index is 12.6. The van der Waals surface area contributed by atoms with Crippen molar-refractivity contribution in [3.05, 3.63) is 18.2 Å². The Hall–Kier alpha value is -2.24. The molecular formula is C19H26N2O4. The summed E-state index contributed by atoms with van der Waals surface area (Å²) in [6.07, 6.45) is 5.90. The first-order chi connectivity index (χ1) is 12.1. The molecule has 0 spiro atoms. The minimum absolute atomic E-state index is 0.00962. The van der Waals surface area contributed by atoms with Gasteiger partial charge in [0.1, 0.15) is 11.5 Å². The summed E-state index contributed by atoms with van der Waals surface area (Å²) in [7, 11) is 3.15. The molecule has 1 heterocycles. The van der Waals surface area contributed by atoms with Crippen LogP contribution in [0.1, 0.15) is 38.5 Å². The molecule has 1 atom stereocenters. The molecule has 6 nitrogen and oxygen atoms in total. The molecule has 0 radical (unpaired) electrons. The lowest BCUT2D eigenvalue weighted by Gasteiger charge is -2.24. The van der Waals surface area contributed by atoms with Gasteiger partial charge in [-0.05, 0) is 25.0 Å². The minimum Gasteiger partial charge on any atom is -0.497 e. The average Bonchev–Trinajstić information content (AvgIpc) is 3.03. The van der Waals surface area contributed by atoms with Crippen LogP contribution in [0.4, 0.5) is 5.69 Å². The molecule has 1 saturated carbocycles. The van der Waals surface area contributed by atoms with Crippen molar-refractivity contribution in [2.24, 2.45) is 5.92 Å². The summed E-state index contributed by atoms with van der Waals surface area (Å²) >= 11 is 0. The lowest BCUT2D eigenvalue weighted by molar-refractivity contribution is -0.127. The number of carbonyl (C=O) groups is 2. The van der Waals surface area contributed by atoms with E-state index in [-0.39, 0.29) is 30.2 Å². The highest BCUT2D eigenvalue weighted by atomic mass is 16.5. The number of ether oxygens (including phenoxy) is 2. The standard InChI is InChI=1S/C19H26N2O4/c1-24-15-8-9-17(25-2)16(11-15)21-12-13(10-18(21)22)19(23)20-14-6-4-3-5-7-14/h8-9,11,13-14H,3-7,10,12H2,1-2H3,(H,20,23)/t13-/m0/s1. The van der Waals surface area contributed by atoms with Crippen LogP contribution in [-0.4, -0.2) is 38.6 Å². The lowest BCUT2D eigenvalue weighted by atomic mass is 9.95. The molecule has 1 N–H and O–H groups in total. The topological polar surface area (TPSA) is 67.9 Å². The molecule has 3 rings (SSSR count). The number of nitrogens with one attached hydrogen (secondary N) is 1. The number of benzene rings is 1. The van der Waals surface area contributed by atoms with Crippen LogP contribution < -0.4 is 19.7 Å². The maximum absolute atomic E-state index is 12.6. The molecule has 25 heavy (non-hydrogen) atoms. The van der Waals surface area contributed by atoms with Crippen molar-refractivity contribution in [2.75, 3.05) is 25.7 Å². The van der Waals surface area contributed by atoms with Crippen LogP contribution in [0.5, 0.6) is 11.5 Å². The third kappa shape index (κ3) is 3.89. The zero-order chi connectivity index (χ0) is 17.8. The second-order valence-corrected chi connectivity index (χ2v) is 6.79. The predicted octanol–water partition coefficient (Wildman–Crippen LogP) is 2.51. The number of anilines is 1. The Morgan fingerprint density at radius 2 is 1.92 bits per heavy atom. The van der Waals surface area contributed by atoms with Crippen molar-refractivity contribution in [1.82, 2.24) is 5.32 Å². The summed E-state index contributed by atoms with van der Waals surface area (Å²) in [5.41, 5.74) is 0.653. The van der Waals surface area contributed by atoms with Crippen LogP contribution >= 0.6 is 0 Å². The van der Waals surface area contributed by atoms with Gasteiger partial charge in [0.25, 0.3) is 0 Å². The van der Waals surface area contributed by atoms with E-state index in [1.807, 2.05) is 0 Å². The first-order valence-electron chi connectivity index (χ1n) is 8.95. The van der Waals surface area contributed by atoms with Gasteiger partial charge in [-0.15, -0.1) is 0 Å². The second kappa shape index (κ2) is 7.76. The average molecular weight is 346 g/mol. The summed E-state index contributed by atoms with van der Waals surface area (Å²) in [4.78, 5) is 26.7. The van der Waals surface area contributed by atoms with Crippen LogP contribution in [0.25, 0.3) is 0 Å². The first-order valence-corrected chi connectivity index (χ1v) is 8.95. The molecule has 1 saturated heterocycles. The van der Waals surface area contributed by atoms with Gasteiger partial charge in [0, 0.05) is 25.1 Å². The summed E-state index contributed by atoms with van der Waals surface area (Å²) in [5.74, 6) is 0.867. The molecule has 2 fully saturated rings. The highest BCUT2D eigenvalue weighted by molar-refractivity contribution is 6.01. The Morgan fingerprint density at radius 3 is 2.60 bits per heavy atom. The summed E-state index contributed by atoms with van der Waals surface area (Å²) in [5, 5.41) is 3.13. The molecule has 1 aromatic carbocycles. The van der Waals surface area contributed by atoms with Gasteiger partial charge in [0.15, 0.2) is 0 Å². The smallest absolute Gasteiger partial charge is 0.227 e. The van der Waals surface area contributed by atoms with E-state index >= 15 is 0 Å². The van der Waals surface area contributed by atoms with E-state index in [9.17, 15) is 9.59 Å². The second-order valence-electron chi connectivity index (χ2n) is 6.79. The molecule has 2 aliphatic rings. The number of nitrogens with zero attached hydrogens (tertiary/aromatic N) is 1. The van der Waals surface area contributed by atoms with Crippen molar-refractivity contribution in [2.45, 2.75) is 44.6 Å². The molecule has 6 heteroatoms. The summed E-state index contributed by atoms with van der Waals surface area (Å²) in [6.45, 7) is 0.376. The number of hydrogen-bond donors (Lipinski definition) is 1. The summed E-state index contributed by atoms with van der Waals surface area (Å²) < 4.78 is 10.6. The maximum Gasteiger partial charge on any atom is 0.227 e. The summed E-state index contributed by atoms with van der Waals surface area (Å²) in [6, 6.07) is 5.60. The number of rotatable bonds is 5. The molecule has 0 bridgehead atoms. The van der Waals surface area contributed by atoms with Gasteiger partial charge in [-0.25, -0.2) is 0 Å². The number of amides is 2. The normalized spacial score (nSPS) is 21.3. The zero-order valence-electron chi connectivity index (χ0n) is 14.9. The molecule has 1 aliphatic carbocycles. The SMILES string of the molecule is COc1ccc(OC)c(N2C[C@@H](C(=O)NC3CCCCC3)CC2=O)c1. The van der Waals surface area contributed by atoms with Gasteiger partial charge in [-0.1, -0.05) is 19.3 Å². The van der Waals surface area contributed by atoms with Gasteiger partial charge < -0.3 is 19.7 Å². The molecule has 136 valence electrons. The Kier molecular flexibility index (Phi) is 5.46. The third-order valence-corrected chi connectivity index (χ3v) is 5.12. The van der Waals surface area contributed by atoms with E-state index in [1.54, 1.807) is 37.3 Å². The van der Waals surface area contributed by atoms with E-state index in [4.69, 9.17) is 9.47 Å². The Bertz CT molecular complexity index is 640. The third-order valence-electron chi connectivity index (χ3n) is 5.12. The minimum atomic E-state index is -0.315. The molecule has 0 aromatic heterocycles. The van der Waals surface area contributed by atoms with E-state index < -0.39 is 0 Å². The van der Waals surface area contributed by atoms with Gasteiger partial charge in [0.2, 0.25) is 11.8 Å². The fraction of sp³-hybridized carbons (Fsp3) is 0.579. The van der Waals surface area contributed by atoms with Crippen molar-refractivity contribution < 1.29 is 19.1 Å². The molecule has 1 aliphatic heterocycles. The number of carbonyl (C=O) groups excluding carboxylic acids is 2. The first kappa shape index (κ1) is 17.6. The molecular weight excluding hydrogens is 320 g/mol. The van der Waals surface area contributed by atoms with E-state index in [0.29, 0.717) is 23.7 Å². The highest BCUT2D eigenvalue weighted by Gasteiger charge is 2.37. The number of methoxy groups -OCH3 is 2. The Morgan fingerprint density at radius 1 is 1.16 bits per heavy atom. The van der Waals surface area contributed by atoms with Crippen LogP contribution in [0.15, 0.2) is 18.2 Å². The van der Waals surface area contributed by atoms with Crippen molar-refractivity contribution in [3.8, 4) is 11.5 Å². The molecule has 2 amide bonds. The fourth-order valence-corrected chi connectivity index (χ4v) is 3.69. The van der Waals surface area contributed by atoms with Crippen LogP contribution in [-0.2, 0) is 9.59 Å². The lowest BCUT2D eigenvalue weighted by Crippen LogP contribution is -2.40. The van der Waals surface area contributed by atoms with Crippen LogP contribution in [0, 0.1) is 5.92 Å². The molecule has 0 unspecified atom stereocenters. The monoisotopic (exact) mass is 346 g/mol. The quantitative estimate of drug-likeness (QED) is 0.889. The zero-order valence-corrected chi connectivity index (χ0v) is 14.9. The van der Waals surface area contributed by atoms with E-state index in [1.165, 1.54) is 19.3 Å². The van der Waals surface area contributed by atoms with Crippen molar-refractivity contribution >= 4 is 17.5 Å². The molecule has 1 aromatic rings. The van der Waals surface area contributed by atoms with Crippen LogP contribution in [0.2, 0.25) is 0 Å². The fourth-order valence-electron chi connectivity index (χ4n) is 3.69. The van der Waals surface area contributed by atoms with Crippen molar-refractivity contribution in [3.63, 3.8) is 0 Å². The van der Waals surface area contributed by atoms with Crippen molar-refractivity contribution in [1.29, 1.82) is 0 Å². The van der Waals surface area contributed by atoms with E-state index in [2.05, 4.69) is 5.32 Å². The Balaban J connectivity index is 1.70. The van der Waals surface area contributed by atoms with E-state index in [0.717, 1.165) is 12.8 Å². The van der Waals surface area contributed by atoms with Gasteiger partial charge in [-0.2, -0.15) is 0 Å². The number of hydrogen-bond acceptors (Lipinski definition) is 4. The van der Waals surface area contributed by atoms with Gasteiger partial charge in [0.05, 0.1) is 25.8 Å². The van der Waals surface area contributed by atoms with Gasteiger partial charge in [-0.3, -0.25) is 9.59 Å². The Labute approximate surface area is 148 Å². The highest BCUT2D eigenvalue weighted by Crippen LogP contribution is 2.36. The van der Waals surface area contributed by atoms with Gasteiger partial charge >= 0.3 is 0 Å². The predicted molar refractivity (Wildman–Crippen MR) is 95.0 cm³/mol. The largest absolute Gasteiger partial charge is 0.497 e.